The second-order valence-corrected chi connectivity index (χ2v) is 6.35. The standard InChI is InChI=1S/C16H18ClF2N3OS/c1-10(14-4-3-7-24-14)22-16(20-2)21-9-11-8-12(17)5-6-13(11)23-15(18)19/h3-8,10,15H,9H2,1-2H3,(H2,20,21,22). The monoisotopic (exact) mass is 373 g/mol. The normalized spacial score (nSPS) is 13.0. The Balaban J connectivity index is 2.01. The van der Waals surface area contributed by atoms with Crippen molar-refractivity contribution in [3.05, 3.63) is 51.2 Å². The number of hydrogen-bond donors (Lipinski definition) is 2. The zero-order valence-electron chi connectivity index (χ0n) is 13.2. The van der Waals surface area contributed by atoms with Gasteiger partial charge in [-0.2, -0.15) is 8.78 Å². The van der Waals surface area contributed by atoms with Gasteiger partial charge in [-0.3, -0.25) is 4.99 Å². The second-order valence-electron chi connectivity index (χ2n) is 4.94. The zero-order valence-corrected chi connectivity index (χ0v) is 14.8. The van der Waals surface area contributed by atoms with E-state index in [4.69, 9.17) is 11.6 Å². The first-order chi connectivity index (χ1) is 11.5. The average Bonchev–Trinajstić information content (AvgIpc) is 3.07. The van der Waals surface area contributed by atoms with Crippen LogP contribution in [-0.4, -0.2) is 19.6 Å². The van der Waals surface area contributed by atoms with Crippen molar-refractivity contribution in [2.24, 2.45) is 4.99 Å². The smallest absolute Gasteiger partial charge is 0.387 e. The first kappa shape index (κ1) is 18.5. The van der Waals surface area contributed by atoms with Gasteiger partial charge in [0.15, 0.2) is 5.96 Å². The number of ether oxygens (including phenoxy) is 1. The Morgan fingerprint density at radius 2 is 2.17 bits per heavy atom. The van der Waals surface area contributed by atoms with Crippen molar-refractivity contribution in [2.75, 3.05) is 7.05 Å². The fourth-order valence-electron chi connectivity index (χ4n) is 2.08. The molecule has 2 aromatic rings. The third kappa shape index (κ3) is 5.35. The summed E-state index contributed by atoms with van der Waals surface area (Å²) in [5, 5.41) is 8.77. The van der Waals surface area contributed by atoms with Crippen molar-refractivity contribution >= 4 is 28.9 Å². The molecule has 130 valence electrons. The van der Waals surface area contributed by atoms with Crippen LogP contribution < -0.4 is 15.4 Å². The van der Waals surface area contributed by atoms with Crippen LogP contribution in [0.1, 0.15) is 23.4 Å². The van der Waals surface area contributed by atoms with Gasteiger partial charge in [-0.1, -0.05) is 17.7 Å². The molecule has 0 spiro atoms. The van der Waals surface area contributed by atoms with Crippen LogP contribution in [0.5, 0.6) is 5.75 Å². The van der Waals surface area contributed by atoms with Crippen LogP contribution in [0, 0.1) is 0 Å². The van der Waals surface area contributed by atoms with Gasteiger partial charge in [0.05, 0.1) is 6.04 Å². The lowest BCUT2D eigenvalue weighted by Crippen LogP contribution is -2.38. The molecule has 0 aliphatic heterocycles. The van der Waals surface area contributed by atoms with Crippen LogP contribution in [0.15, 0.2) is 40.7 Å². The van der Waals surface area contributed by atoms with E-state index < -0.39 is 6.61 Å². The van der Waals surface area contributed by atoms with Gasteiger partial charge in [-0.15, -0.1) is 11.3 Å². The molecule has 24 heavy (non-hydrogen) atoms. The Morgan fingerprint density at radius 1 is 1.38 bits per heavy atom. The van der Waals surface area contributed by atoms with E-state index in [-0.39, 0.29) is 18.3 Å². The average molecular weight is 374 g/mol. The highest BCUT2D eigenvalue weighted by Gasteiger charge is 2.12. The number of nitrogens with zero attached hydrogens (tertiary/aromatic N) is 1. The zero-order chi connectivity index (χ0) is 17.5. The molecule has 1 aromatic carbocycles. The number of rotatable bonds is 6. The van der Waals surface area contributed by atoms with E-state index in [1.54, 1.807) is 24.5 Å². The van der Waals surface area contributed by atoms with E-state index in [9.17, 15) is 8.78 Å². The van der Waals surface area contributed by atoms with Gasteiger partial charge in [0.1, 0.15) is 5.75 Å². The highest BCUT2D eigenvalue weighted by atomic mass is 35.5. The topological polar surface area (TPSA) is 45.7 Å². The minimum absolute atomic E-state index is 0.0762. The van der Waals surface area contributed by atoms with Crippen LogP contribution in [0.3, 0.4) is 0 Å². The van der Waals surface area contributed by atoms with E-state index >= 15 is 0 Å². The lowest BCUT2D eigenvalue weighted by molar-refractivity contribution is -0.0504. The minimum atomic E-state index is -2.89. The highest BCUT2D eigenvalue weighted by Crippen LogP contribution is 2.24. The summed E-state index contributed by atoms with van der Waals surface area (Å²) in [6.07, 6.45) is 0. The fourth-order valence-corrected chi connectivity index (χ4v) is 3.01. The molecular weight excluding hydrogens is 356 g/mol. The number of nitrogens with one attached hydrogen (secondary N) is 2. The quantitative estimate of drug-likeness (QED) is 0.581. The SMILES string of the molecule is CN=C(NCc1cc(Cl)ccc1OC(F)F)NC(C)c1cccs1. The van der Waals surface area contributed by atoms with Crippen LogP contribution in [0.2, 0.25) is 5.02 Å². The second kappa shape index (κ2) is 8.84. The number of thiophene rings is 1. The molecule has 1 heterocycles. The van der Waals surface area contributed by atoms with Crippen LogP contribution >= 0.6 is 22.9 Å². The molecule has 0 bridgehead atoms. The van der Waals surface area contributed by atoms with Crippen molar-refractivity contribution < 1.29 is 13.5 Å². The molecule has 0 aliphatic rings. The van der Waals surface area contributed by atoms with E-state index in [1.807, 2.05) is 24.4 Å². The van der Waals surface area contributed by atoms with Gasteiger partial charge in [-0.25, -0.2) is 0 Å². The van der Waals surface area contributed by atoms with Crippen LogP contribution in [0.25, 0.3) is 0 Å². The summed E-state index contributed by atoms with van der Waals surface area (Å²) < 4.78 is 29.5. The molecule has 0 fully saturated rings. The molecule has 0 saturated carbocycles. The molecule has 1 atom stereocenters. The first-order valence-corrected chi connectivity index (χ1v) is 8.49. The maximum atomic E-state index is 12.5. The summed E-state index contributed by atoms with van der Waals surface area (Å²) in [7, 11) is 1.64. The van der Waals surface area contributed by atoms with Gasteiger partial charge in [0.2, 0.25) is 0 Å². The Labute approximate surface area is 148 Å². The molecule has 0 amide bonds. The maximum Gasteiger partial charge on any atom is 0.387 e. The molecule has 0 aliphatic carbocycles. The van der Waals surface area contributed by atoms with Crippen molar-refractivity contribution in [3.8, 4) is 5.75 Å². The number of halogens is 3. The lowest BCUT2D eigenvalue weighted by atomic mass is 10.2. The molecule has 8 heteroatoms. The van der Waals surface area contributed by atoms with E-state index in [0.29, 0.717) is 16.5 Å². The van der Waals surface area contributed by atoms with Crippen molar-refractivity contribution in [1.29, 1.82) is 0 Å². The molecule has 1 unspecified atom stereocenters. The van der Waals surface area contributed by atoms with Gasteiger partial charge in [-0.05, 0) is 36.6 Å². The van der Waals surface area contributed by atoms with Crippen LogP contribution in [-0.2, 0) is 6.54 Å². The first-order valence-electron chi connectivity index (χ1n) is 7.23. The Morgan fingerprint density at radius 3 is 2.79 bits per heavy atom. The predicted octanol–water partition coefficient (Wildman–Crippen LogP) is 4.43. The number of guanidine groups is 1. The Kier molecular flexibility index (Phi) is 6.81. The number of alkyl halides is 2. The van der Waals surface area contributed by atoms with E-state index in [1.165, 1.54) is 17.0 Å². The van der Waals surface area contributed by atoms with Gasteiger partial charge >= 0.3 is 6.61 Å². The fraction of sp³-hybridized carbons (Fsp3) is 0.312. The summed E-state index contributed by atoms with van der Waals surface area (Å²) in [6.45, 7) is -0.621. The summed E-state index contributed by atoms with van der Waals surface area (Å²) in [5.41, 5.74) is 0.523. The summed E-state index contributed by atoms with van der Waals surface area (Å²) in [5.74, 6) is 0.641. The molecular formula is C16H18ClF2N3OS. The van der Waals surface area contributed by atoms with Crippen LogP contribution in [0.4, 0.5) is 8.78 Å². The maximum absolute atomic E-state index is 12.5. The lowest BCUT2D eigenvalue weighted by Gasteiger charge is -2.18. The molecule has 4 nitrogen and oxygen atoms in total. The molecule has 2 rings (SSSR count). The van der Waals surface area contributed by atoms with Gasteiger partial charge in [0.25, 0.3) is 0 Å². The molecule has 0 radical (unpaired) electrons. The van der Waals surface area contributed by atoms with Crippen molar-refractivity contribution in [2.45, 2.75) is 26.1 Å². The molecule has 1 aromatic heterocycles. The third-order valence-corrected chi connectivity index (χ3v) is 4.52. The largest absolute Gasteiger partial charge is 0.434 e. The Hall–Kier alpha value is -1.86. The summed E-state index contributed by atoms with van der Waals surface area (Å²) >= 11 is 7.58. The van der Waals surface area contributed by atoms with Crippen molar-refractivity contribution in [1.82, 2.24) is 10.6 Å². The van der Waals surface area contributed by atoms with E-state index in [2.05, 4.69) is 20.4 Å². The van der Waals surface area contributed by atoms with E-state index in [0.717, 1.165) is 0 Å². The highest BCUT2D eigenvalue weighted by molar-refractivity contribution is 7.10. The number of aliphatic imine (C=N–C) groups is 1. The summed E-state index contributed by atoms with van der Waals surface area (Å²) in [6, 6.07) is 8.61. The third-order valence-electron chi connectivity index (χ3n) is 3.23. The number of benzene rings is 1. The predicted molar refractivity (Wildman–Crippen MR) is 94.2 cm³/mol. The van der Waals surface area contributed by atoms with Gasteiger partial charge in [0, 0.05) is 29.1 Å². The molecule has 0 saturated heterocycles. The Bertz CT molecular complexity index is 680. The van der Waals surface area contributed by atoms with Crippen molar-refractivity contribution in [3.63, 3.8) is 0 Å². The summed E-state index contributed by atoms with van der Waals surface area (Å²) in [4.78, 5) is 5.31. The minimum Gasteiger partial charge on any atom is -0.434 e. The molecule has 2 N–H and O–H groups in total. The number of hydrogen-bond acceptors (Lipinski definition) is 3. The van der Waals surface area contributed by atoms with Gasteiger partial charge < -0.3 is 15.4 Å².